The van der Waals surface area contributed by atoms with Crippen molar-refractivity contribution in [3.63, 3.8) is 0 Å². The average molecular weight is 457 g/mol. The number of non-ortho nitro benzene ring substituents is 1. The summed E-state index contributed by atoms with van der Waals surface area (Å²) in [5.41, 5.74) is 5.20. The third-order valence-corrected chi connectivity index (χ3v) is 6.02. The van der Waals surface area contributed by atoms with Crippen LogP contribution in [0.15, 0.2) is 79.0 Å². The number of hydrogen-bond donors (Lipinski definition) is 1. The van der Waals surface area contributed by atoms with E-state index in [0.717, 1.165) is 33.4 Å². The molecule has 0 radical (unpaired) electrons. The number of nitrogens with one attached hydrogen (secondary N) is 1. The number of nitro groups is 1. The molecule has 0 aliphatic carbocycles. The second-order valence-corrected chi connectivity index (χ2v) is 8.22. The molecule has 3 aromatic carbocycles. The number of morpholine rings is 1. The fourth-order valence-electron chi connectivity index (χ4n) is 4.26. The number of carbonyl (C=O) groups is 1. The molecule has 34 heavy (non-hydrogen) atoms. The van der Waals surface area contributed by atoms with E-state index in [4.69, 9.17) is 4.74 Å². The number of para-hydroxylation sites is 1. The van der Waals surface area contributed by atoms with Gasteiger partial charge in [0.1, 0.15) is 6.61 Å². The van der Waals surface area contributed by atoms with Crippen LogP contribution < -0.4 is 10.2 Å². The third kappa shape index (κ3) is 4.49. The van der Waals surface area contributed by atoms with Crippen molar-refractivity contribution in [3.05, 3.63) is 100 Å². The zero-order valence-corrected chi connectivity index (χ0v) is 18.5. The van der Waals surface area contributed by atoms with Gasteiger partial charge in [0.15, 0.2) is 0 Å². The highest BCUT2D eigenvalue weighted by molar-refractivity contribution is 5.95. The number of benzene rings is 3. The van der Waals surface area contributed by atoms with Gasteiger partial charge in [-0.05, 0) is 41.5 Å². The Morgan fingerprint density at radius 3 is 2.50 bits per heavy atom. The predicted octanol–water partition coefficient (Wildman–Crippen LogP) is 4.57. The molecule has 0 saturated carbocycles. The van der Waals surface area contributed by atoms with E-state index in [0.29, 0.717) is 26.2 Å². The van der Waals surface area contributed by atoms with E-state index in [1.807, 2.05) is 36.4 Å². The molecule has 4 aromatic rings. The number of anilines is 2. The lowest BCUT2D eigenvalue weighted by atomic mass is 10.1. The lowest BCUT2D eigenvalue weighted by Gasteiger charge is -2.27. The van der Waals surface area contributed by atoms with Crippen LogP contribution in [0.25, 0.3) is 10.9 Å². The third-order valence-electron chi connectivity index (χ3n) is 6.02. The van der Waals surface area contributed by atoms with Crippen molar-refractivity contribution in [2.75, 3.05) is 30.0 Å². The molecule has 2 heterocycles. The number of hydrogen-bond acceptors (Lipinski definition) is 5. The Bertz CT molecular complexity index is 1330. The fourth-order valence-corrected chi connectivity index (χ4v) is 4.26. The Morgan fingerprint density at radius 1 is 1.00 bits per heavy atom. The molecule has 1 N–H and O–H groups in total. The number of aromatic nitrogens is 1. The van der Waals surface area contributed by atoms with Crippen molar-refractivity contribution in [2.24, 2.45) is 0 Å². The van der Waals surface area contributed by atoms with Gasteiger partial charge in [0.25, 0.3) is 11.6 Å². The van der Waals surface area contributed by atoms with Crippen LogP contribution in [0.2, 0.25) is 0 Å². The maximum Gasteiger partial charge on any atom is 0.269 e. The number of ether oxygens (including phenoxy) is 1. The van der Waals surface area contributed by atoms with E-state index >= 15 is 0 Å². The van der Waals surface area contributed by atoms with Gasteiger partial charge in [0.05, 0.1) is 11.5 Å². The van der Waals surface area contributed by atoms with Crippen LogP contribution in [0, 0.1) is 10.1 Å². The summed E-state index contributed by atoms with van der Waals surface area (Å²) in [6.45, 7) is 2.52. The maximum absolute atomic E-state index is 12.0. The number of rotatable bonds is 7. The first-order valence-corrected chi connectivity index (χ1v) is 11.1. The van der Waals surface area contributed by atoms with Gasteiger partial charge in [-0.15, -0.1) is 0 Å². The Labute approximate surface area is 196 Å². The van der Waals surface area contributed by atoms with Crippen molar-refractivity contribution >= 4 is 33.9 Å². The molecule has 0 spiro atoms. The SMILES string of the molecule is O=C1COCCN1c1ccc(NCc2cn(Cc3ccc([N+](=O)[O-])cc3)c3ccccc23)cc1. The number of nitro benzene ring substituents is 1. The molecule has 0 atom stereocenters. The lowest BCUT2D eigenvalue weighted by Crippen LogP contribution is -2.41. The molecule has 5 rings (SSSR count). The molecule has 1 aliphatic heterocycles. The second kappa shape index (κ2) is 9.36. The van der Waals surface area contributed by atoms with Crippen LogP contribution >= 0.6 is 0 Å². The first kappa shape index (κ1) is 21.7. The summed E-state index contributed by atoms with van der Waals surface area (Å²) in [5, 5.41) is 15.6. The van der Waals surface area contributed by atoms with E-state index in [9.17, 15) is 14.9 Å². The normalized spacial score (nSPS) is 13.9. The van der Waals surface area contributed by atoms with Crippen LogP contribution in [0.5, 0.6) is 0 Å². The summed E-state index contributed by atoms with van der Waals surface area (Å²) in [4.78, 5) is 24.3. The van der Waals surface area contributed by atoms with E-state index < -0.39 is 0 Å². The molecule has 1 fully saturated rings. The first-order valence-electron chi connectivity index (χ1n) is 11.1. The molecule has 1 amide bonds. The van der Waals surface area contributed by atoms with Gasteiger partial charge in [-0.3, -0.25) is 14.9 Å². The Morgan fingerprint density at radius 2 is 1.76 bits per heavy atom. The van der Waals surface area contributed by atoms with Gasteiger partial charge in [-0.25, -0.2) is 0 Å². The van der Waals surface area contributed by atoms with Crippen molar-refractivity contribution in [1.82, 2.24) is 4.57 Å². The smallest absolute Gasteiger partial charge is 0.269 e. The van der Waals surface area contributed by atoms with E-state index in [-0.39, 0.29) is 23.1 Å². The van der Waals surface area contributed by atoms with Crippen molar-refractivity contribution < 1.29 is 14.5 Å². The number of carbonyl (C=O) groups excluding carboxylic acids is 1. The van der Waals surface area contributed by atoms with Crippen molar-refractivity contribution in [3.8, 4) is 0 Å². The summed E-state index contributed by atoms with van der Waals surface area (Å²) in [6, 6.07) is 22.7. The van der Waals surface area contributed by atoms with Gasteiger partial charge in [0.2, 0.25) is 0 Å². The van der Waals surface area contributed by atoms with Gasteiger partial charge in [-0.1, -0.05) is 30.3 Å². The molecule has 172 valence electrons. The zero-order valence-electron chi connectivity index (χ0n) is 18.5. The summed E-state index contributed by atoms with van der Waals surface area (Å²) in [7, 11) is 0. The lowest BCUT2D eigenvalue weighted by molar-refractivity contribution is -0.384. The number of nitrogens with zero attached hydrogens (tertiary/aromatic N) is 3. The Kier molecular flexibility index (Phi) is 5.97. The maximum atomic E-state index is 12.0. The van der Waals surface area contributed by atoms with Crippen molar-refractivity contribution in [1.29, 1.82) is 0 Å². The molecule has 8 heteroatoms. The summed E-state index contributed by atoms with van der Waals surface area (Å²) < 4.78 is 7.37. The first-order chi connectivity index (χ1) is 16.6. The summed E-state index contributed by atoms with van der Waals surface area (Å²) in [6.07, 6.45) is 2.12. The highest BCUT2D eigenvalue weighted by Gasteiger charge is 2.20. The van der Waals surface area contributed by atoms with E-state index in [2.05, 4.69) is 28.2 Å². The Balaban J connectivity index is 1.31. The van der Waals surface area contributed by atoms with Gasteiger partial charge >= 0.3 is 0 Å². The van der Waals surface area contributed by atoms with Crippen LogP contribution in [0.1, 0.15) is 11.1 Å². The minimum atomic E-state index is -0.385. The van der Waals surface area contributed by atoms with Crippen LogP contribution in [-0.2, 0) is 22.6 Å². The standard InChI is InChI=1S/C26H24N4O4/c31-26-18-34-14-13-29(26)22-11-7-21(8-12-22)27-15-20-17-28(25-4-2-1-3-24(20)25)16-19-5-9-23(10-6-19)30(32)33/h1-12,17,27H,13-16,18H2. The van der Waals surface area contributed by atoms with Gasteiger partial charge in [-0.2, -0.15) is 0 Å². The Hall–Kier alpha value is -4.17. The minimum Gasteiger partial charge on any atom is -0.381 e. The number of fused-ring (bicyclic) bond motifs is 1. The monoisotopic (exact) mass is 456 g/mol. The van der Waals surface area contributed by atoms with Crippen LogP contribution in [-0.4, -0.2) is 35.2 Å². The largest absolute Gasteiger partial charge is 0.381 e. The van der Waals surface area contributed by atoms with Crippen LogP contribution in [0.3, 0.4) is 0 Å². The second-order valence-electron chi connectivity index (χ2n) is 8.22. The fraction of sp³-hybridized carbons (Fsp3) is 0.192. The highest BCUT2D eigenvalue weighted by Crippen LogP contribution is 2.25. The van der Waals surface area contributed by atoms with Crippen molar-refractivity contribution in [2.45, 2.75) is 13.1 Å². The molecule has 1 saturated heterocycles. The molecular formula is C26H24N4O4. The minimum absolute atomic E-state index is 0.0206. The average Bonchev–Trinajstić information content (AvgIpc) is 3.21. The predicted molar refractivity (Wildman–Crippen MR) is 131 cm³/mol. The molecule has 1 aromatic heterocycles. The quantitative estimate of drug-likeness (QED) is 0.325. The number of amides is 1. The summed E-state index contributed by atoms with van der Waals surface area (Å²) in [5.74, 6) is -0.0206. The van der Waals surface area contributed by atoms with Crippen LogP contribution in [0.4, 0.5) is 17.1 Å². The molecule has 1 aliphatic rings. The van der Waals surface area contributed by atoms with Gasteiger partial charge in [0, 0.05) is 60.2 Å². The molecule has 0 bridgehead atoms. The highest BCUT2D eigenvalue weighted by atomic mass is 16.6. The summed E-state index contributed by atoms with van der Waals surface area (Å²) >= 11 is 0. The topological polar surface area (TPSA) is 89.6 Å². The zero-order chi connectivity index (χ0) is 23.5. The molecule has 0 unspecified atom stereocenters. The van der Waals surface area contributed by atoms with E-state index in [1.165, 1.54) is 12.1 Å². The molecular weight excluding hydrogens is 432 g/mol. The molecule has 8 nitrogen and oxygen atoms in total. The van der Waals surface area contributed by atoms with E-state index in [1.54, 1.807) is 17.0 Å². The van der Waals surface area contributed by atoms with Gasteiger partial charge < -0.3 is 19.5 Å².